The van der Waals surface area contributed by atoms with Crippen LogP contribution in [0.2, 0.25) is 10.0 Å². The standard InChI is InChI=1S/C16H25Cl2N/c1-5-8-19-12(2)10-16(3,4)11-13-9-14(17)6-7-15(13)18/h6-7,9,12,19H,5,8,10-11H2,1-4H3. The molecule has 1 unspecified atom stereocenters. The molecule has 1 atom stereocenters. The van der Waals surface area contributed by atoms with Crippen LogP contribution in [0.1, 0.15) is 46.1 Å². The highest BCUT2D eigenvalue weighted by atomic mass is 35.5. The molecule has 0 aliphatic rings. The maximum atomic E-state index is 6.25. The van der Waals surface area contributed by atoms with Crippen LogP contribution in [0.25, 0.3) is 0 Å². The van der Waals surface area contributed by atoms with E-state index in [1.807, 2.05) is 18.2 Å². The molecule has 1 aromatic rings. The number of halogens is 2. The van der Waals surface area contributed by atoms with E-state index in [1.54, 1.807) is 0 Å². The van der Waals surface area contributed by atoms with Crippen molar-refractivity contribution in [1.82, 2.24) is 5.32 Å². The SMILES string of the molecule is CCCNC(C)CC(C)(C)Cc1cc(Cl)ccc1Cl. The summed E-state index contributed by atoms with van der Waals surface area (Å²) in [5, 5.41) is 5.11. The van der Waals surface area contributed by atoms with Gasteiger partial charge in [-0.3, -0.25) is 0 Å². The average molecular weight is 302 g/mol. The van der Waals surface area contributed by atoms with Crippen LogP contribution in [0.15, 0.2) is 18.2 Å². The van der Waals surface area contributed by atoms with E-state index in [1.165, 1.54) is 6.42 Å². The fraction of sp³-hybridized carbons (Fsp3) is 0.625. The van der Waals surface area contributed by atoms with Gasteiger partial charge in [-0.25, -0.2) is 0 Å². The minimum atomic E-state index is 0.203. The normalized spacial score (nSPS) is 13.6. The minimum absolute atomic E-state index is 0.203. The summed E-state index contributed by atoms with van der Waals surface area (Å²) in [4.78, 5) is 0. The van der Waals surface area contributed by atoms with Crippen molar-refractivity contribution < 1.29 is 0 Å². The molecule has 1 rings (SSSR count). The van der Waals surface area contributed by atoms with Gasteiger partial charge in [0, 0.05) is 16.1 Å². The summed E-state index contributed by atoms with van der Waals surface area (Å²) < 4.78 is 0. The van der Waals surface area contributed by atoms with E-state index in [-0.39, 0.29) is 5.41 Å². The summed E-state index contributed by atoms with van der Waals surface area (Å²) in [6.07, 6.45) is 3.24. The van der Waals surface area contributed by atoms with Gasteiger partial charge in [0.2, 0.25) is 0 Å². The Kier molecular flexibility index (Phi) is 6.65. The van der Waals surface area contributed by atoms with Crippen molar-refractivity contribution >= 4 is 23.2 Å². The zero-order valence-electron chi connectivity index (χ0n) is 12.4. The molecule has 0 fully saturated rings. The molecule has 0 saturated heterocycles. The summed E-state index contributed by atoms with van der Waals surface area (Å²) in [7, 11) is 0. The van der Waals surface area contributed by atoms with Crippen LogP contribution >= 0.6 is 23.2 Å². The molecule has 1 N–H and O–H groups in total. The number of rotatable bonds is 7. The van der Waals surface area contributed by atoms with Gasteiger partial charge < -0.3 is 5.32 Å². The van der Waals surface area contributed by atoms with Crippen LogP contribution in [0.4, 0.5) is 0 Å². The molecule has 0 aliphatic heterocycles. The van der Waals surface area contributed by atoms with E-state index in [2.05, 4.69) is 33.0 Å². The Morgan fingerprint density at radius 1 is 1.26 bits per heavy atom. The fourth-order valence-electron chi connectivity index (χ4n) is 2.56. The molecule has 1 aromatic carbocycles. The molecule has 0 amide bonds. The Hall–Kier alpha value is -0.240. The van der Waals surface area contributed by atoms with Crippen LogP contribution in [0.3, 0.4) is 0 Å². The summed E-state index contributed by atoms with van der Waals surface area (Å²) in [5.41, 5.74) is 1.34. The first-order valence-corrected chi connectivity index (χ1v) is 7.77. The fourth-order valence-corrected chi connectivity index (χ4v) is 2.94. The highest BCUT2D eigenvalue weighted by Crippen LogP contribution is 2.31. The van der Waals surface area contributed by atoms with Gasteiger partial charge in [-0.2, -0.15) is 0 Å². The van der Waals surface area contributed by atoms with Crippen molar-refractivity contribution in [2.75, 3.05) is 6.54 Å². The Balaban J connectivity index is 2.65. The number of hydrogen-bond acceptors (Lipinski definition) is 1. The summed E-state index contributed by atoms with van der Waals surface area (Å²) in [6.45, 7) is 10.1. The highest BCUT2D eigenvalue weighted by Gasteiger charge is 2.22. The van der Waals surface area contributed by atoms with E-state index < -0.39 is 0 Å². The molecule has 0 aliphatic carbocycles. The molecule has 0 saturated carbocycles. The van der Waals surface area contributed by atoms with E-state index >= 15 is 0 Å². The third-order valence-electron chi connectivity index (χ3n) is 3.28. The van der Waals surface area contributed by atoms with Gasteiger partial charge in [0.15, 0.2) is 0 Å². The highest BCUT2D eigenvalue weighted by molar-refractivity contribution is 6.33. The Morgan fingerprint density at radius 3 is 2.58 bits per heavy atom. The van der Waals surface area contributed by atoms with Gasteiger partial charge in [-0.15, -0.1) is 0 Å². The van der Waals surface area contributed by atoms with Crippen molar-refractivity contribution in [2.24, 2.45) is 5.41 Å². The molecule has 0 radical (unpaired) electrons. The summed E-state index contributed by atoms with van der Waals surface area (Å²) in [5.74, 6) is 0. The van der Waals surface area contributed by atoms with Crippen LogP contribution in [-0.2, 0) is 6.42 Å². The van der Waals surface area contributed by atoms with Crippen molar-refractivity contribution in [3.63, 3.8) is 0 Å². The molecule has 19 heavy (non-hydrogen) atoms. The summed E-state index contributed by atoms with van der Waals surface area (Å²) in [6, 6.07) is 6.23. The Bertz CT molecular complexity index is 402. The first kappa shape index (κ1) is 16.8. The predicted octanol–water partition coefficient (Wildman–Crippen LogP) is 5.34. The molecule has 108 valence electrons. The molecular formula is C16H25Cl2N. The second-order valence-electron chi connectivity index (χ2n) is 6.14. The first-order chi connectivity index (χ1) is 8.84. The van der Waals surface area contributed by atoms with E-state index in [0.717, 1.165) is 35.0 Å². The van der Waals surface area contributed by atoms with E-state index in [4.69, 9.17) is 23.2 Å². The van der Waals surface area contributed by atoms with Crippen LogP contribution < -0.4 is 5.32 Å². The zero-order valence-corrected chi connectivity index (χ0v) is 13.9. The lowest BCUT2D eigenvalue weighted by Crippen LogP contribution is -2.32. The molecule has 0 bridgehead atoms. The van der Waals surface area contributed by atoms with Crippen molar-refractivity contribution in [3.05, 3.63) is 33.8 Å². The van der Waals surface area contributed by atoms with Crippen LogP contribution in [-0.4, -0.2) is 12.6 Å². The van der Waals surface area contributed by atoms with Gasteiger partial charge in [0.25, 0.3) is 0 Å². The van der Waals surface area contributed by atoms with Gasteiger partial charge in [0.05, 0.1) is 0 Å². The number of nitrogens with one attached hydrogen (secondary N) is 1. The minimum Gasteiger partial charge on any atom is -0.314 e. The van der Waals surface area contributed by atoms with Gasteiger partial charge >= 0.3 is 0 Å². The third-order valence-corrected chi connectivity index (χ3v) is 3.88. The van der Waals surface area contributed by atoms with Crippen LogP contribution in [0, 0.1) is 5.41 Å². The van der Waals surface area contributed by atoms with E-state index in [9.17, 15) is 0 Å². The summed E-state index contributed by atoms with van der Waals surface area (Å²) >= 11 is 12.3. The maximum absolute atomic E-state index is 6.25. The van der Waals surface area contributed by atoms with Gasteiger partial charge in [-0.1, -0.05) is 44.0 Å². The smallest absolute Gasteiger partial charge is 0.0439 e. The molecule has 1 nitrogen and oxygen atoms in total. The van der Waals surface area contributed by atoms with Gasteiger partial charge in [0.1, 0.15) is 0 Å². The van der Waals surface area contributed by atoms with Crippen LogP contribution in [0.5, 0.6) is 0 Å². The first-order valence-electron chi connectivity index (χ1n) is 7.01. The molecule has 0 heterocycles. The van der Waals surface area contributed by atoms with Crippen molar-refractivity contribution in [1.29, 1.82) is 0 Å². The molecule has 0 spiro atoms. The number of hydrogen-bond donors (Lipinski definition) is 1. The predicted molar refractivity (Wildman–Crippen MR) is 86.3 cm³/mol. The largest absolute Gasteiger partial charge is 0.314 e. The lowest BCUT2D eigenvalue weighted by molar-refractivity contribution is 0.287. The zero-order chi connectivity index (χ0) is 14.5. The molecular weight excluding hydrogens is 277 g/mol. The Morgan fingerprint density at radius 2 is 1.95 bits per heavy atom. The van der Waals surface area contributed by atoms with Gasteiger partial charge in [-0.05, 0) is 61.9 Å². The maximum Gasteiger partial charge on any atom is 0.0439 e. The molecule has 3 heteroatoms. The average Bonchev–Trinajstić information content (AvgIpc) is 2.30. The van der Waals surface area contributed by atoms with E-state index in [0.29, 0.717) is 6.04 Å². The van der Waals surface area contributed by atoms with Crippen molar-refractivity contribution in [3.8, 4) is 0 Å². The van der Waals surface area contributed by atoms with Crippen molar-refractivity contribution in [2.45, 2.75) is 53.0 Å². The second kappa shape index (κ2) is 7.52. The third kappa shape index (κ3) is 6.16. The Labute approximate surface area is 127 Å². The molecule has 0 aromatic heterocycles. The quantitative estimate of drug-likeness (QED) is 0.717. The lowest BCUT2D eigenvalue weighted by atomic mass is 9.80. The topological polar surface area (TPSA) is 12.0 Å². The lowest BCUT2D eigenvalue weighted by Gasteiger charge is -2.29. The second-order valence-corrected chi connectivity index (χ2v) is 6.98. The monoisotopic (exact) mass is 301 g/mol. The number of benzene rings is 1.